The fourth-order valence-electron chi connectivity index (χ4n) is 3.25. The standard InChI is InChI=1S/C22H23N3O5/c1-30-21(28)15-10-12-16(13-11-15)23-19(26)9-3-2-6-14-25-20(27)17-7-4-5-8-18(17)24-22(25)29/h4-5,7-8,10-13,17H,2-3,6,9,14H2,1H3,(H,23,26). The van der Waals surface area contributed by atoms with E-state index in [1.165, 1.54) is 12.0 Å². The van der Waals surface area contributed by atoms with Crippen LogP contribution in [0.5, 0.6) is 0 Å². The van der Waals surface area contributed by atoms with Gasteiger partial charge in [-0.15, -0.1) is 0 Å². The number of ether oxygens (including phenoxy) is 1. The number of unbranched alkanes of at least 4 members (excludes halogenated alkanes) is 2. The first-order chi connectivity index (χ1) is 14.5. The average Bonchev–Trinajstić information content (AvgIpc) is 2.75. The number of rotatable bonds is 8. The van der Waals surface area contributed by atoms with Crippen LogP contribution in [0.3, 0.4) is 0 Å². The number of allylic oxidation sites excluding steroid dienone is 3. The van der Waals surface area contributed by atoms with Crippen molar-refractivity contribution in [3.05, 3.63) is 54.1 Å². The number of nitrogens with one attached hydrogen (secondary N) is 1. The fourth-order valence-corrected chi connectivity index (χ4v) is 3.25. The van der Waals surface area contributed by atoms with E-state index in [-0.39, 0.29) is 11.8 Å². The van der Waals surface area contributed by atoms with Crippen LogP contribution in [-0.2, 0) is 14.3 Å². The van der Waals surface area contributed by atoms with Crippen molar-refractivity contribution in [1.82, 2.24) is 4.90 Å². The Morgan fingerprint density at radius 1 is 1.10 bits per heavy atom. The zero-order valence-electron chi connectivity index (χ0n) is 16.7. The molecule has 0 bridgehead atoms. The number of methoxy groups -OCH3 is 1. The van der Waals surface area contributed by atoms with Gasteiger partial charge in [0.05, 0.1) is 24.3 Å². The summed E-state index contributed by atoms with van der Waals surface area (Å²) in [6.07, 6.45) is 9.20. The molecule has 1 heterocycles. The van der Waals surface area contributed by atoms with Crippen LogP contribution >= 0.6 is 0 Å². The number of imide groups is 1. The van der Waals surface area contributed by atoms with Gasteiger partial charge in [0.1, 0.15) is 0 Å². The van der Waals surface area contributed by atoms with E-state index in [1.807, 2.05) is 0 Å². The monoisotopic (exact) mass is 409 g/mol. The molecule has 4 amide bonds. The van der Waals surface area contributed by atoms with Crippen molar-refractivity contribution in [1.29, 1.82) is 0 Å². The van der Waals surface area contributed by atoms with Crippen LogP contribution in [0.25, 0.3) is 0 Å². The Labute approximate surface area is 174 Å². The summed E-state index contributed by atoms with van der Waals surface area (Å²) in [6.45, 7) is 0.291. The van der Waals surface area contributed by atoms with Gasteiger partial charge in [0.2, 0.25) is 11.8 Å². The molecule has 1 aromatic rings. The smallest absolute Gasteiger partial charge is 0.350 e. The number of amides is 4. The first-order valence-electron chi connectivity index (χ1n) is 9.76. The van der Waals surface area contributed by atoms with E-state index in [2.05, 4.69) is 15.0 Å². The highest BCUT2D eigenvalue weighted by Crippen LogP contribution is 2.20. The van der Waals surface area contributed by atoms with Crippen molar-refractivity contribution in [2.45, 2.75) is 25.7 Å². The molecule has 0 aromatic heterocycles. The number of urea groups is 1. The van der Waals surface area contributed by atoms with Crippen molar-refractivity contribution in [3.8, 4) is 0 Å². The van der Waals surface area contributed by atoms with Gasteiger partial charge in [-0.1, -0.05) is 24.6 Å². The largest absolute Gasteiger partial charge is 0.465 e. The molecular formula is C22H23N3O5. The Morgan fingerprint density at radius 2 is 1.87 bits per heavy atom. The maximum atomic E-state index is 12.5. The topological polar surface area (TPSA) is 105 Å². The third kappa shape index (κ3) is 5.08. The molecule has 0 fully saturated rings. The maximum absolute atomic E-state index is 12.5. The predicted molar refractivity (Wildman–Crippen MR) is 111 cm³/mol. The van der Waals surface area contributed by atoms with E-state index in [9.17, 15) is 19.2 Å². The Bertz CT molecular complexity index is 931. The molecule has 1 atom stereocenters. The molecule has 0 saturated heterocycles. The molecule has 8 heteroatoms. The second-order valence-corrected chi connectivity index (χ2v) is 6.96. The van der Waals surface area contributed by atoms with Gasteiger partial charge in [-0.3, -0.25) is 14.5 Å². The molecule has 1 aliphatic carbocycles. The van der Waals surface area contributed by atoms with Gasteiger partial charge in [-0.25, -0.2) is 9.59 Å². The molecule has 0 saturated carbocycles. The van der Waals surface area contributed by atoms with Gasteiger partial charge in [0.25, 0.3) is 0 Å². The lowest BCUT2D eigenvalue weighted by Gasteiger charge is -2.28. The van der Waals surface area contributed by atoms with Crippen molar-refractivity contribution in [2.75, 3.05) is 19.0 Å². The number of carbonyl (C=O) groups is 4. The highest BCUT2D eigenvalue weighted by molar-refractivity contribution is 6.21. The minimum atomic E-state index is -0.528. The molecule has 1 aromatic carbocycles. The van der Waals surface area contributed by atoms with Gasteiger partial charge in [0.15, 0.2) is 0 Å². The summed E-state index contributed by atoms with van der Waals surface area (Å²) in [5.41, 5.74) is 1.49. The Morgan fingerprint density at radius 3 is 2.60 bits per heavy atom. The van der Waals surface area contributed by atoms with Crippen molar-refractivity contribution < 1.29 is 23.9 Å². The summed E-state index contributed by atoms with van der Waals surface area (Å²) < 4.78 is 4.63. The lowest BCUT2D eigenvalue weighted by Crippen LogP contribution is -2.46. The van der Waals surface area contributed by atoms with Crippen LogP contribution in [0.2, 0.25) is 0 Å². The molecule has 2 aliphatic rings. The first kappa shape index (κ1) is 21.2. The molecule has 0 spiro atoms. The number of hydrogen-bond donors (Lipinski definition) is 1. The quantitative estimate of drug-likeness (QED) is 0.525. The number of anilines is 1. The summed E-state index contributed by atoms with van der Waals surface area (Å²) >= 11 is 0. The van der Waals surface area contributed by atoms with Crippen LogP contribution < -0.4 is 5.32 Å². The lowest BCUT2D eigenvalue weighted by atomic mass is 9.95. The van der Waals surface area contributed by atoms with Crippen molar-refractivity contribution >= 4 is 35.2 Å². The van der Waals surface area contributed by atoms with E-state index in [0.29, 0.717) is 49.2 Å². The normalized spacial score (nSPS) is 17.4. The third-order valence-corrected chi connectivity index (χ3v) is 4.86. The summed E-state index contributed by atoms with van der Waals surface area (Å²) in [7, 11) is 1.31. The number of hydrogen-bond acceptors (Lipinski definition) is 5. The molecule has 1 unspecified atom stereocenters. The molecule has 30 heavy (non-hydrogen) atoms. The Kier molecular flexibility index (Phi) is 6.90. The molecule has 8 nitrogen and oxygen atoms in total. The second-order valence-electron chi connectivity index (χ2n) is 6.96. The minimum Gasteiger partial charge on any atom is -0.465 e. The number of benzene rings is 1. The van der Waals surface area contributed by atoms with Crippen LogP contribution in [0.15, 0.2) is 53.6 Å². The van der Waals surface area contributed by atoms with Gasteiger partial charge in [0, 0.05) is 18.7 Å². The van der Waals surface area contributed by atoms with Gasteiger partial charge in [-0.05, 0) is 43.2 Å². The first-order valence-corrected chi connectivity index (χ1v) is 9.76. The van der Waals surface area contributed by atoms with E-state index in [4.69, 9.17) is 0 Å². The number of aliphatic imine (C=N–C) groups is 1. The number of esters is 1. The highest BCUT2D eigenvalue weighted by atomic mass is 16.5. The summed E-state index contributed by atoms with van der Waals surface area (Å²) in [5, 5.41) is 2.77. The summed E-state index contributed by atoms with van der Waals surface area (Å²) in [6, 6.07) is 5.92. The Balaban J connectivity index is 1.38. The molecule has 1 aliphatic heterocycles. The molecule has 0 radical (unpaired) electrons. The van der Waals surface area contributed by atoms with E-state index < -0.39 is 17.9 Å². The molecule has 3 rings (SSSR count). The third-order valence-electron chi connectivity index (χ3n) is 4.86. The number of fused-ring (bicyclic) bond motifs is 1. The molecular weight excluding hydrogens is 386 g/mol. The summed E-state index contributed by atoms with van der Waals surface area (Å²) in [5.74, 6) is -1.31. The molecule has 156 valence electrons. The van der Waals surface area contributed by atoms with Crippen molar-refractivity contribution in [3.63, 3.8) is 0 Å². The minimum absolute atomic E-state index is 0.140. The zero-order chi connectivity index (χ0) is 21.5. The lowest BCUT2D eigenvalue weighted by molar-refractivity contribution is -0.129. The van der Waals surface area contributed by atoms with Crippen LogP contribution in [-0.4, -0.2) is 48.1 Å². The average molecular weight is 409 g/mol. The van der Waals surface area contributed by atoms with Crippen LogP contribution in [0.1, 0.15) is 36.0 Å². The van der Waals surface area contributed by atoms with Crippen molar-refractivity contribution in [2.24, 2.45) is 10.9 Å². The van der Waals surface area contributed by atoms with Crippen LogP contribution in [0.4, 0.5) is 10.5 Å². The van der Waals surface area contributed by atoms with Gasteiger partial charge < -0.3 is 10.1 Å². The van der Waals surface area contributed by atoms with Crippen LogP contribution in [0, 0.1) is 5.92 Å². The van der Waals surface area contributed by atoms with E-state index in [0.717, 1.165) is 0 Å². The summed E-state index contributed by atoms with van der Waals surface area (Å²) in [4.78, 5) is 53.2. The van der Waals surface area contributed by atoms with Gasteiger partial charge >= 0.3 is 12.0 Å². The van der Waals surface area contributed by atoms with E-state index in [1.54, 1.807) is 48.6 Å². The van der Waals surface area contributed by atoms with E-state index >= 15 is 0 Å². The fraction of sp³-hybridized carbons (Fsp3) is 0.318. The SMILES string of the molecule is COC(=O)c1ccc(NC(=O)CCCCCN2C(=O)N=C3C=CC=CC3C2=O)cc1. The maximum Gasteiger partial charge on any atom is 0.350 e. The number of carbonyl (C=O) groups excluding carboxylic acids is 4. The van der Waals surface area contributed by atoms with Gasteiger partial charge in [-0.2, -0.15) is 4.99 Å². The Hall–Kier alpha value is -3.55. The highest BCUT2D eigenvalue weighted by Gasteiger charge is 2.35. The predicted octanol–water partition coefficient (Wildman–Crippen LogP) is 3.12. The zero-order valence-corrected chi connectivity index (χ0v) is 16.7. The second kappa shape index (κ2) is 9.78. The molecule has 1 N–H and O–H groups in total. The number of nitrogens with zero attached hydrogens (tertiary/aromatic N) is 2.